The first-order valence-electron chi connectivity index (χ1n) is 4.89. The minimum atomic E-state index is -1.31. The van der Waals surface area contributed by atoms with Crippen LogP contribution in [-0.4, -0.2) is 55.2 Å². The summed E-state index contributed by atoms with van der Waals surface area (Å²) in [6, 6.07) is 0. The van der Waals surface area contributed by atoms with Crippen LogP contribution in [0.25, 0.3) is 0 Å². The van der Waals surface area contributed by atoms with Crippen molar-refractivity contribution in [1.82, 2.24) is 15.0 Å². The molecule has 0 spiro atoms. The number of nitrogens with one attached hydrogen (secondary N) is 1. The standard InChI is InChI=1S/C8H12N4O5/c9-7-10-6(11-8(16)12-7)5-4(15)3(14)2(1-13)17-5/h2-5,13-15H,1H2,(H3,9,10,11,12,16)/t2-,3-,4-,5?/m1/s1. The number of hydrogen-bond donors (Lipinski definition) is 5. The molecule has 17 heavy (non-hydrogen) atoms. The first-order chi connectivity index (χ1) is 8.02. The number of nitrogens with zero attached hydrogens (tertiary/aromatic N) is 2. The van der Waals surface area contributed by atoms with E-state index < -0.39 is 36.7 Å². The summed E-state index contributed by atoms with van der Waals surface area (Å²) in [4.78, 5) is 20.3. The summed E-state index contributed by atoms with van der Waals surface area (Å²) in [5, 5.41) is 28.1. The summed E-state index contributed by atoms with van der Waals surface area (Å²) >= 11 is 0. The highest BCUT2D eigenvalue weighted by Crippen LogP contribution is 2.31. The van der Waals surface area contributed by atoms with Gasteiger partial charge in [-0.2, -0.15) is 9.97 Å². The third-order valence-electron chi connectivity index (χ3n) is 2.50. The molecule has 9 heteroatoms. The van der Waals surface area contributed by atoms with Crippen molar-refractivity contribution in [2.24, 2.45) is 0 Å². The van der Waals surface area contributed by atoms with Gasteiger partial charge >= 0.3 is 5.69 Å². The van der Waals surface area contributed by atoms with Crippen LogP contribution in [0.4, 0.5) is 5.95 Å². The van der Waals surface area contributed by atoms with E-state index in [0.717, 1.165) is 0 Å². The third-order valence-corrected chi connectivity index (χ3v) is 2.50. The number of nitrogens with two attached hydrogens (primary N) is 1. The van der Waals surface area contributed by atoms with E-state index in [9.17, 15) is 15.0 Å². The number of aromatic nitrogens is 3. The molecule has 1 aromatic rings. The minimum Gasteiger partial charge on any atom is -0.394 e. The molecule has 2 heterocycles. The van der Waals surface area contributed by atoms with Crippen molar-refractivity contribution in [3.63, 3.8) is 0 Å². The fourth-order valence-electron chi connectivity index (χ4n) is 1.68. The highest BCUT2D eigenvalue weighted by atomic mass is 16.6. The van der Waals surface area contributed by atoms with Gasteiger partial charge in [-0.05, 0) is 0 Å². The topological polar surface area (TPSA) is 155 Å². The molecule has 94 valence electrons. The Labute approximate surface area is 94.9 Å². The van der Waals surface area contributed by atoms with Crippen molar-refractivity contribution in [3.8, 4) is 0 Å². The Balaban J connectivity index is 2.31. The van der Waals surface area contributed by atoms with Gasteiger partial charge in [0.2, 0.25) is 5.95 Å². The molecule has 2 rings (SSSR count). The molecule has 0 bridgehead atoms. The molecule has 0 saturated carbocycles. The molecule has 1 aliphatic rings. The van der Waals surface area contributed by atoms with E-state index in [1.165, 1.54) is 0 Å². The summed E-state index contributed by atoms with van der Waals surface area (Å²) in [7, 11) is 0. The number of hydrogen-bond acceptors (Lipinski definition) is 8. The van der Waals surface area contributed by atoms with Gasteiger partial charge < -0.3 is 25.8 Å². The highest BCUT2D eigenvalue weighted by molar-refractivity contribution is 5.15. The molecule has 1 fully saturated rings. The van der Waals surface area contributed by atoms with E-state index in [-0.39, 0.29) is 11.8 Å². The second-order valence-electron chi connectivity index (χ2n) is 3.66. The van der Waals surface area contributed by atoms with Gasteiger partial charge in [-0.3, -0.25) is 4.98 Å². The third kappa shape index (κ3) is 2.13. The predicted octanol–water partition coefficient (Wildman–Crippen LogP) is -3.10. The lowest BCUT2D eigenvalue weighted by molar-refractivity contribution is -0.0253. The number of aliphatic hydroxyl groups is 3. The smallest absolute Gasteiger partial charge is 0.349 e. The molecule has 1 aliphatic heterocycles. The largest absolute Gasteiger partial charge is 0.394 e. The normalized spacial score (nSPS) is 32.9. The second-order valence-corrected chi connectivity index (χ2v) is 3.66. The number of anilines is 1. The van der Waals surface area contributed by atoms with E-state index in [1.807, 2.05) is 0 Å². The maximum absolute atomic E-state index is 11.1. The lowest BCUT2D eigenvalue weighted by Gasteiger charge is -2.13. The van der Waals surface area contributed by atoms with Crippen LogP contribution in [-0.2, 0) is 4.74 Å². The fourth-order valence-corrected chi connectivity index (χ4v) is 1.68. The van der Waals surface area contributed by atoms with Gasteiger partial charge in [-0.25, -0.2) is 4.79 Å². The average Bonchev–Trinajstić information content (AvgIpc) is 2.54. The lowest BCUT2D eigenvalue weighted by Crippen LogP contribution is -2.33. The molecule has 0 radical (unpaired) electrons. The molecule has 0 aromatic carbocycles. The van der Waals surface area contributed by atoms with Gasteiger partial charge in [-0.15, -0.1) is 0 Å². The zero-order chi connectivity index (χ0) is 12.6. The first kappa shape index (κ1) is 11.9. The molecule has 6 N–H and O–H groups in total. The van der Waals surface area contributed by atoms with E-state index in [2.05, 4.69) is 15.0 Å². The highest BCUT2D eigenvalue weighted by Gasteiger charge is 2.44. The van der Waals surface area contributed by atoms with Crippen molar-refractivity contribution in [3.05, 3.63) is 16.3 Å². The van der Waals surface area contributed by atoms with E-state index >= 15 is 0 Å². The number of H-pyrrole nitrogens is 1. The van der Waals surface area contributed by atoms with Crippen LogP contribution in [0.15, 0.2) is 4.79 Å². The Morgan fingerprint density at radius 3 is 2.59 bits per heavy atom. The monoisotopic (exact) mass is 244 g/mol. The molecule has 0 amide bonds. The van der Waals surface area contributed by atoms with Crippen molar-refractivity contribution in [2.45, 2.75) is 24.4 Å². The van der Waals surface area contributed by atoms with Crippen LogP contribution >= 0.6 is 0 Å². The van der Waals surface area contributed by atoms with E-state index in [0.29, 0.717) is 0 Å². The molecule has 1 unspecified atom stereocenters. The Kier molecular flexibility index (Phi) is 3.07. The molecule has 0 aliphatic carbocycles. The number of aromatic amines is 1. The van der Waals surface area contributed by atoms with E-state index in [4.69, 9.17) is 15.6 Å². The number of ether oxygens (including phenoxy) is 1. The molecule has 1 saturated heterocycles. The summed E-state index contributed by atoms with van der Waals surface area (Å²) < 4.78 is 5.17. The zero-order valence-electron chi connectivity index (χ0n) is 8.65. The van der Waals surface area contributed by atoms with Gasteiger partial charge in [0.1, 0.15) is 30.2 Å². The summed E-state index contributed by atoms with van der Waals surface area (Å²) in [6.07, 6.45) is -4.56. The van der Waals surface area contributed by atoms with E-state index in [1.54, 1.807) is 0 Å². The van der Waals surface area contributed by atoms with Crippen LogP contribution in [0, 0.1) is 0 Å². The quantitative estimate of drug-likeness (QED) is 0.366. The van der Waals surface area contributed by atoms with Crippen LogP contribution in [0.1, 0.15) is 11.9 Å². The number of nitrogen functional groups attached to an aromatic ring is 1. The van der Waals surface area contributed by atoms with Gasteiger partial charge in [0.05, 0.1) is 6.61 Å². The summed E-state index contributed by atoms with van der Waals surface area (Å²) in [5.74, 6) is -0.300. The number of rotatable bonds is 2. The fraction of sp³-hybridized carbons (Fsp3) is 0.625. The summed E-state index contributed by atoms with van der Waals surface area (Å²) in [5.41, 5.74) is 4.55. The van der Waals surface area contributed by atoms with Crippen LogP contribution < -0.4 is 11.4 Å². The SMILES string of the molecule is Nc1nc(C2O[C@H](CO)[C@@H](O)[C@H]2O)[nH]c(=O)n1. The Bertz CT molecular complexity index is 463. The number of aliphatic hydroxyl groups excluding tert-OH is 3. The van der Waals surface area contributed by atoms with Crippen LogP contribution in [0.3, 0.4) is 0 Å². The van der Waals surface area contributed by atoms with Gasteiger partial charge in [0, 0.05) is 0 Å². The van der Waals surface area contributed by atoms with Crippen molar-refractivity contribution in [2.75, 3.05) is 12.3 Å². The van der Waals surface area contributed by atoms with Gasteiger partial charge in [-0.1, -0.05) is 0 Å². The first-order valence-corrected chi connectivity index (χ1v) is 4.89. The second kappa shape index (κ2) is 4.37. The van der Waals surface area contributed by atoms with Crippen LogP contribution in [0.2, 0.25) is 0 Å². The van der Waals surface area contributed by atoms with Gasteiger partial charge in [0.25, 0.3) is 0 Å². The zero-order valence-corrected chi connectivity index (χ0v) is 8.65. The lowest BCUT2D eigenvalue weighted by atomic mass is 10.1. The average molecular weight is 244 g/mol. The van der Waals surface area contributed by atoms with Crippen LogP contribution in [0.5, 0.6) is 0 Å². The maximum Gasteiger partial charge on any atom is 0.349 e. The predicted molar refractivity (Wildman–Crippen MR) is 53.8 cm³/mol. The van der Waals surface area contributed by atoms with Crippen molar-refractivity contribution >= 4 is 5.95 Å². The van der Waals surface area contributed by atoms with Crippen molar-refractivity contribution in [1.29, 1.82) is 0 Å². The summed E-state index contributed by atoms with van der Waals surface area (Å²) in [6.45, 7) is -0.459. The molecule has 4 atom stereocenters. The maximum atomic E-state index is 11.1. The Morgan fingerprint density at radius 1 is 1.35 bits per heavy atom. The Morgan fingerprint density at radius 2 is 2.06 bits per heavy atom. The van der Waals surface area contributed by atoms with Crippen molar-refractivity contribution < 1.29 is 20.1 Å². The molecular weight excluding hydrogens is 232 g/mol. The molecule has 1 aromatic heterocycles. The molecule has 9 nitrogen and oxygen atoms in total. The Hall–Kier alpha value is -1.55. The van der Waals surface area contributed by atoms with Gasteiger partial charge in [0.15, 0.2) is 0 Å². The molecular formula is C8H12N4O5. The minimum absolute atomic E-state index is 0.0370.